The number of rotatable bonds is 5. The van der Waals surface area contributed by atoms with Crippen molar-refractivity contribution in [2.75, 3.05) is 12.4 Å². The summed E-state index contributed by atoms with van der Waals surface area (Å²) in [6.45, 7) is 4.60. The van der Waals surface area contributed by atoms with Gasteiger partial charge >= 0.3 is 0 Å². The molecule has 1 aromatic rings. The lowest BCUT2D eigenvalue weighted by molar-refractivity contribution is 0.0933. The molecule has 0 aliphatic carbocycles. The number of phenols is 1. The van der Waals surface area contributed by atoms with Crippen molar-refractivity contribution < 1.29 is 9.90 Å². The third kappa shape index (κ3) is 4.50. The molecule has 0 spiro atoms. The summed E-state index contributed by atoms with van der Waals surface area (Å²) in [5.41, 5.74) is 0.224. The summed E-state index contributed by atoms with van der Waals surface area (Å²) in [6, 6.07) is 4.81. The fraction of sp³-hybridized carbons (Fsp3) is 0.462. The highest BCUT2D eigenvalue weighted by Crippen LogP contribution is 2.23. The van der Waals surface area contributed by atoms with E-state index in [4.69, 9.17) is 11.6 Å². The second kappa shape index (κ2) is 6.43. The molecule has 5 heteroatoms. The third-order valence-corrected chi connectivity index (χ3v) is 3.39. The molecular weight excluding hydrogens is 318 g/mol. The van der Waals surface area contributed by atoms with E-state index in [-0.39, 0.29) is 22.6 Å². The van der Waals surface area contributed by atoms with Gasteiger partial charge in [0.25, 0.3) is 5.91 Å². The highest BCUT2D eigenvalue weighted by atomic mass is 79.9. The van der Waals surface area contributed by atoms with Gasteiger partial charge < -0.3 is 10.4 Å². The van der Waals surface area contributed by atoms with Crippen molar-refractivity contribution in [2.45, 2.75) is 20.3 Å². The van der Waals surface area contributed by atoms with E-state index in [0.717, 1.165) is 10.9 Å². The number of phenolic OH excluding ortho intramolecular Hbond substituents is 1. The van der Waals surface area contributed by atoms with Crippen LogP contribution in [0, 0.1) is 5.41 Å². The molecular formula is C13H17BrClNO2. The molecule has 18 heavy (non-hydrogen) atoms. The molecule has 1 aromatic carbocycles. The summed E-state index contributed by atoms with van der Waals surface area (Å²) >= 11 is 8.93. The zero-order valence-electron chi connectivity index (χ0n) is 10.5. The van der Waals surface area contributed by atoms with Gasteiger partial charge in [-0.05, 0) is 30.0 Å². The Morgan fingerprint density at radius 3 is 2.72 bits per heavy atom. The van der Waals surface area contributed by atoms with Crippen LogP contribution in [0.2, 0.25) is 0 Å². The number of aromatic hydroxyl groups is 1. The Morgan fingerprint density at radius 1 is 1.50 bits per heavy atom. The molecule has 0 saturated carbocycles. The molecule has 0 saturated heterocycles. The van der Waals surface area contributed by atoms with Gasteiger partial charge in [0, 0.05) is 16.9 Å². The Bertz CT molecular complexity index is 435. The van der Waals surface area contributed by atoms with Crippen molar-refractivity contribution in [2.24, 2.45) is 5.41 Å². The van der Waals surface area contributed by atoms with Crippen LogP contribution in [-0.4, -0.2) is 23.4 Å². The standard InChI is InChI=1S/C13H17BrClNO2/c1-13(2,5-6-15)8-16-12(18)10-4-3-9(14)7-11(10)17/h3-4,7,17H,5-6,8H2,1-2H3,(H,16,18). The van der Waals surface area contributed by atoms with E-state index in [2.05, 4.69) is 21.2 Å². The van der Waals surface area contributed by atoms with Crippen LogP contribution in [0.15, 0.2) is 22.7 Å². The molecule has 0 radical (unpaired) electrons. The van der Waals surface area contributed by atoms with Crippen LogP contribution in [0.25, 0.3) is 0 Å². The van der Waals surface area contributed by atoms with Crippen molar-refractivity contribution in [3.8, 4) is 5.75 Å². The Labute approximate surface area is 121 Å². The molecule has 1 amide bonds. The summed E-state index contributed by atoms with van der Waals surface area (Å²) < 4.78 is 0.735. The number of carbonyl (C=O) groups is 1. The van der Waals surface area contributed by atoms with Gasteiger partial charge in [0.05, 0.1) is 5.56 Å². The Hall–Kier alpha value is -0.740. The summed E-state index contributed by atoms with van der Waals surface area (Å²) in [5, 5.41) is 12.5. The average molecular weight is 335 g/mol. The number of carbonyl (C=O) groups excluding carboxylic acids is 1. The van der Waals surface area contributed by atoms with Gasteiger partial charge in [0.15, 0.2) is 0 Å². The summed E-state index contributed by atoms with van der Waals surface area (Å²) in [4.78, 5) is 11.9. The normalized spacial score (nSPS) is 11.3. The van der Waals surface area contributed by atoms with Crippen molar-refractivity contribution in [3.63, 3.8) is 0 Å². The molecule has 0 fully saturated rings. The highest BCUT2D eigenvalue weighted by molar-refractivity contribution is 9.10. The summed E-state index contributed by atoms with van der Waals surface area (Å²) in [5.74, 6) is 0.256. The molecule has 0 atom stereocenters. The molecule has 2 N–H and O–H groups in total. The van der Waals surface area contributed by atoms with Crippen LogP contribution in [0.3, 0.4) is 0 Å². The van der Waals surface area contributed by atoms with Crippen molar-refractivity contribution in [1.82, 2.24) is 5.32 Å². The maximum atomic E-state index is 11.9. The van der Waals surface area contributed by atoms with Crippen LogP contribution in [0.5, 0.6) is 5.75 Å². The SMILES string of the molecule is CC(C)(CCCl)CNC(=O)c1ccc(Br)cc1O. The van der Waals surface area contributed by atoms with Crippen LogP contribution in [0.4, 0.5) is 0 Å². The summed E-state index contributed by atoms with van der Waals surface area (Å²) in [6.07, 6.45) is 0.821. The fourth-order valence-electron chi connectivity index (χ4n) is 1.46. The highest BCUT2D eigenvalue weighted by Gasteiger charge is 2.19. The number of hydrogen-bond donors (Lipinski definition) is 2. The Morgan fingerprint density at radius 2 is 2.17 bits per heavy atom. The fourth-order valence-corrected chi connectivity index (χ4v) is 2.32. The van der Waals surface area contributed by atoms with E-state index in [1.165, 1.54) is 6.07 Å². The van der Waals surface area contributed by atoms with Crippen LogP contribution in [-0.2, 0) is 0 Å². The molecule has 100 valence electrons. The first-order chi connectivity index (χ1) is 8.35. The van der Waals surface area contributed by atoms with Crippen LogP contribution >= 0.6 is 27.5 Å². The maximum absolute atomic E-state index is 11.9. The van der Waals surface area contributed by atoms with Gasteiger partial charge in [0.1, 0.15) is 5.75 Å². The predicted molar refractivity (Wildman–Crippen MR) is 77.3 cm³/mol. The molecule has 0 bridgehead atoms. The molecule has 0 aromatic heterocycles. The summed E-state index contributed by atoms with van der Waals surface area (Å²) in [7, 11) is 0. The maximum Gasteiger partial charge on any atom is 0.255 e. The van der Waals surface area contributed by atoms with Gasteiger partial charge in [-0.1, -0.05) is 29.8 Å². The zero-order chi connectivity index (χ0) is 13.8. The van der Waals surface area contributed by atoms with E-state index >= 15 is 0 Å². The predicted octanol–water partition coefficient (Wildman–Crippen LogP) is 3.54. The average Bonchev–Trinajstić information content (AvgIpc) is 2.26. The first-order valence-electron chi connectivity index (χ1n) is 5.68. The minimum Gasteiger partial charge on any atom is -0.507 e. The van der Waals surface area contributed by atoms with Gasteiger partial charge in [-0.3, -0.25) is 4.79 Å². The molecule has 0 aliphatic heterocycles. The van der Waals surface area contributed by atoms with Gasteiger partial charge in [-0.15, -0.1) is 11.6 Å². The Balaban J connectivity index is 2.66. The number of nitrogens with one attached hydrogen (secondary N) is 1. The molecule has 0 unspecified atom stereocenters. The van der Waals surface area contributed by atoms with Crippen molar-refractivity contribution in [1.29, 1.82) is 0 Å². The number of alkyl halides is 1. The quantitative estimate of drug-likeness (QED) is 0.809. The number of amides is 1. The molecule has 3 nitrogen and oxygen atoms in total. The smallest absolute Gasteiger partial charge is 0.255 e. The third-order valence-electron chi connectivity index (χ3n) is 2.70. The van der Waals surface area contributed by atoms with E-state index < -0.39 is 0 Å². The van der Waals surface area contributed by atoms with Crippen molar-refractivity contribution in [3.05, 3.63) is 28.2 Å². The monoisotopic (exact) mass is 333 g/mol. The minimum atomic E-state index is -0.275. The van der Waals surface area contributed by atoms with E-state index in [1.807, 2.05) is 13.8 Å². The van der Waals surface area contributed by atoms with E-state index in [9.17, 15) is 9.90 Å². The zero-order valence-corrected chi connectivity index (χ0v) is 12.8. The first kappa shape index (κ1) is 15.3. The number of halogens is 2. The topological polar surface area (TPSA) is 49.3 Å². The van der Waals surface area contributed by atoms with Gasteiger partial charge in [-0.2, -0.15) is 0 Å². The van der Waals surface area contributed by atoms with Crippen LogP contribution in [0.1, 0.15) is 30.6 Å². The molecule has 0 heterocycles. The minimum absolute atomic E-state index is 0.0305. The van der Waals surface area contributed by atoms with Gasteiger partial charge in [0.2, 0.25) is 0 Å². The largest absolute Gasteiger partial charge is 0.507 e. The van der Waals surface area contributed by atoms with E-state index in [1.54, 1.807) is 12.1 Å². The van der Waals surface area contributed by atoms with Gasteiger partial charge in [-0.25, -0.2) is 0 Å². The second-order valence-corrected chi connectivity index (χ2v) is 6.24. The second-order valence-electron chi connectivity index (χ2n) is 4.95. The lowest BCUT2D eigenvalue weighted by Crippen LogP contribution is -2.34. The Kier molecular flexibility index (Phi) is 5.47. The molecule has 1 rings (SSSR count). The van der Waals surface area contributed by atoms with E-state index in [0.29, 0.717) is 12.4 Å². The lowest BCUT2D eigenvalue weighted by Gasteiger charge is -2.23. The van der Waals surface area contributed by atoms with Crippen molar-refractivity contribution >= 4 is 33.4 Å². The number of benzene rings is 1. The lowest BCUT2D eigenvalue weighted by atomic mass is 9.90. The molecule has 0 aliphatic rings. The number of hydrogen-bond acceptors (Lipinski definition) is 2. The van der Waals surface area contributed by atoms with Crippen LogP contribution < -0.4 is 5.32 Å². The first-order valence-corrected chi connectivity index (χ1v) is 7.01.